The van der Waals surface area contributed by atoms with Crippen molar-refractivity contribution in [2.75, 3.05) is 13.1 Å². The molecule has 0 aliphatic heterocycles. The average Bonchev–Trinajstić information content (AvgIpc) is 2.18. The zero-order valence-electron chi connectivity index (χ0n) is 9.40. The van der Waals surface area contributed by atoms with Gasteiger partial charge in [0.1, 0.15) is 0 Å². The smallest absolute Gasteiger partial charge is 0.305 e. The Balaban J connectivity index is 4.14. The molecule has 0 aliphatic carbocycles. The van der Waals surface area contributed by atoms with Crippen molar-refractivity contribution in [3.8, 4) is 0 Å². The third kappa shape index (κ3) is 5.37. The predicted molar refractivity (Wildman–Crippen MR) is 57.4 cm³/mol. The molecule has 0 aromatic heterocycles. The second-order valence-corrected chi connectivity index (χ2v) is 3.46. The Kier molecular flexibility index (Phi) is 6.70. The van der Waals surface area contributed by atoms with E-state index in [-0.39, 0.29) is 18.9 Å². The summed E-state index contributed by atoms with van der Waals surface area (Å²) in [6, 6.07) is -0.497. The maximum Gasteiger partial charge on any atom is 0.305 e. The first-order valence-corrected chi connectivity index (χ1v) is 5.29. The van der Waals surface area contributed by atoms with Crippen molar-refractivity contribution in [1.29, 1.82) is 0 Å². The van der Waals surface area contributed by atoms with Crippen LogP contribution in [0.5, 0.6) is 0 Å². The molecule has 0 fully saturated rings. The number of carbonyl (C=O) groups excluding carboxylic acids is 1. The van der Waals surface area contributed by atoms with E-state index in [1.165, 1.54) is 4.90 Å². The molecule has 88 valence electrons. The van der Waals surface area contributed by atoms with Gasteiger partial charge in [0.05, 0.1) is 12.5 Å². The van der Waals surface area contributed by atoms with Gasteiger partial charge in [-0.15, -0.1) is 0 Å². The summed E-state index contributed by atoms with van der Waals surface area (Å²) < 4.78 is 0. The molecule has 0 unspecified atom stereocenters. The summed E-state index contributed by atoms with van der Waals surface area (Å²) in [6.45, 7) is 4.52. The molecule has 15 heavy (non-hydrogen) atoms. The van der Waals surface area contributed by atoms with Gasteiger partial charge < -0.3 is 15.7 Å². The van der Waals surface area contributed by atoms with Crippen LogP contribution in [0.2, 0.25) is 0 Å². The van der Waals surface area contributed by atoms with Crippen LogP contribution in [0.3, 0.4) is 0 Å². The number of nitrogens with two attached hydrogens (primary N) is 1. The number of likely N-dealkylation sites (N-methyl/N-ethyl adjacent to an activating group) is 1. The van der Waals surface area contributed by atoms with Crippen molar-refractivity contribution in [2.45, 2.75) is 39.2 Å². The highest BCUT2D eigenvalue weighted by molar-refractivity contribution is 5.82. The number of carbonyl (C=O) groups is 2. The van der Waals surface area contributed by atoms with Crippen LogP contribution in [-0.4, -0.2) is 41.0 Å². The highest BCUT2D eigenvalue weighted by Crippen LogP contribution is 2.01. The minimum absolute atomic E-state index is 0.0293. The summed E-state index contributed by atoms with van der Waals surface area (Å²) in [7, 11) is 0. The van der Waals surface area contributed by atoms with Gasteiger partial charge in [0.2, 0.25) is 5.91 Å². The van der Waals surface area contributed by atoms with Crippen molar-refractivity contribution in [3.05, 3.63) is 0 Å². The van der Waals surface area contributed by atoms with Crippen molar-refractivity contribution >= 4 is 11.9 Å². The van der Waals surface area contributed by atoms with E-state index in [4.69, 9.17) is 10.8 Å². The van der Waals surface area contributed by atoms with Crippen LogP contribution in [0, 0.1) is 0 Å². The Morgan fingerprint density at radius 3 is 2.40 bits per heavy atom. The molecule has 0 radical (unpaired) electrons. The van der Waals surface area contributed by atoms with Gasteiger partial charge in [0.15, 0.2) is 0 Å². The summed E-state index contributed by atoms with van der Waals surface area (Å²) in [4.78, 5) is 23.5. The van der Waals surface area contributed by atoms with E-state index in [1.807, 2.05) is 13.8 Å². The highest BCUT2D eigenvalue weighted by atomic mass is 16.4. The zero-order chi connectivity index (χ0) is 11.8. The maximum absolute atomic E-state index is 11.7. The van der Waals surface area contributed by atoms with Crippen LogP contribution in [0.25, 0.3) is 0 Å². The number of rotatable bonds is 7. The lowest BCUT2D eigenvalue weighted by molar-refractivity contribution is -0.138. The van der Waals surface area contributed by atoms with Crippen LogP contribution in [0.15, 0.2) is 0 Å². The first-order valence-electron chi connectivity index (χ1n) is 5.29. The minimum atomic E-state index is -0.898. The monoisotopic (exact) mass is 216 g/mol. The van der Waals surface area contributed by atoms with E-state index in [2.05, 4.69) is 0 Å². The van der Waals surface area contributed by atoms with Gasteiger partial charge in [-0.05, 0) is 13.3 Å². The van der Waals surface area contributed by atoms with Crippen LogP contribution in [-0.2, 0) is 9.59 Å². The Morgan fingerprint density at radius 2 is 2.00 bits per heavy atom. The lowest BCUT2D eigenvalue weighted by atomic mass is 10.1. The zero-order valence-corrected chi connectivity index (χ0v) is 9.40. The Bertz CT molecular complexity index is 219. The molecule has 0 rings (SSSR count). The van der Waals surface area contributed by atoms with Gasteiger partial charge in [-0.1, -0.05) is 13.3 Å². The van der Waals surface area contributed by atoms with Gasteiger partial charge in [-0.2, -0.15) is 0 Å². The lowest BCUT2D eigenvalue weighted by Crippen LogP contribution is -2.44. The third-order valence-corrected chi connectivity index (χ3v) is 2.21. The molecule has 1 atom stereocenters. The van der Waals surface area contributed by atoms with Gasteiger partial charge in [-0.3, -0.25) is 9.59 Å². The SMILES string of the molecule is CCC[C@H](N)C(=O)N(CC)CCC(=O)O. The fraction of sp³-hybridized carbons (Fsp3) is 0.800. The van der Waals surface area contributed by atoms with E-state index < -0.39 is 12.0 Å². The third-order valence-electron chi connectivity index (χ3n) is 2.21. The Labute approximate surface area is 90.2 Å². The van der Waals surface area contributed by atoms with Gasteiger partial charge in [0.25, 0.3) is 0 Å². The largest absolute Gasteiger partial charge is 0.481 e. The summed E-state index contributed by atoms with van der Waals surface area (Å²) in [5.41, 5.74) is 5.67. The van der Waals surface area contributed by atoms with Gasteiger partial charge in [0, 0.05) is 13.1 Å². The molecule has 5 heteroatoms. The molecule has 0 saturated heterocycles. The number of hydrogen-bond donors (Lipinski definition) is 2. The van der Waals surface area contributed by atoms with Crippen LogP contribution < -0.4 is 5.73 Å². The molecule has 0 spiro atoms. The summed E-state index contributed by atoms with van der Waals surface area (Å²) in [5.74, 6) is -1.05. The fourth-order valence-electron chi connectivity index (χ4n) is 1.32. The summed E-state index contributed by atoms with van der Waals surface area (Å²) in [5, 5.41) is 8.51. The number of carboxylic acid groups (broad SMARTS) is 1. The predicted octanol–water partition coefficient (Wildman–Crippen LogP) is 0.437. The van der Waals surface area contributed by atoms with Crippen LogP contribution in [0.1, 0.15) is 33.1 Å². The van der Waals surface area contributed by atoms with Gasteiger partial charge >= 0.3 is 5.97 Å². The first-order chi connectivity index (χ1) is 7.02. The molecule has 3 N–H and O–H groups in total. The van der Waals surface area contributed by atoms with Crippen molar-refractivity contribution < 1.29 is 14.7 Å². The van der Waals surface area contributed by atoms with E-state index in [1.54, 1.807) is 0 Å². The fourth-order valence-corrected chi connectivity index (χ4v) is 1.32. The molecule has 0 heterocycles. The molecule has 0 aliphatic rings. The first kappa shape index (κ1) is 13.9. The normalized spacial score (nSPS) is 12.2. The van der Waals surface area contributed by atoms with Crippen molar-refractivity contribution in [1.82, 2.24) is 4.90 Å². The quantitative estimate of drug-likeness (QED) is 0.646. The number of carboxylic acids is 1. The second kappa shape index (κ2) is 7.23. The second-order valence-electron chi connectivity index (χ2n) is 3.46. The molecular weight excluding hydrogens is 196 g/mol. The van der Waals surface area contributed by atoms with Crippen LogP contribution in [0.4, 0.5) is 0 Å². The van der Waals surface area contributed by atoms with Crippen molar-refractivity contribution in [3.63, 3.8) is 0 Å². The molecule has 0 aromatic rings. The van der Waals surface area contributed by atoms with Crippen LogP contribution >= 0.6 is 0 Å². The van der Waals surface area contributed by atoms with Crippen molar-refractivity contribution in [2.24, 2.45) is 5.73 Å². The number of aliphatic carboxylic acids is 1. The minimum Gasteiger partial charge on any atom is -0.481 e. The standard InChI is InChI=1S/C10H20N2O3/c1-3-5-8(11)10(15)12(4-2)7-6-9(13)14/h8H,3-7,11H2,1-2H3,(H,13,14)/t8-/m0/s1. The number of hydrogen-bond acceptors (Lipinski definition) is 3. The molecule has 1 amide bonds. The van der Waals surface area contributed by atoms with E-state index in [0.717, 1.165) is 6.42 Å². The molecule has 0 saturated carbocycles. The van der Waals surface area contributed by atoms with E-state index in [9.17, 15) is 9.59 Å². The lowest BCUT2D eigenvalue weighted by Gasteiger charge is -2.23. The highest BCUT2D eigenvalue weighted by Gasteiger charge is 2.19. The number of amides is 1. The average molecular weight is 216 g/mol. The summed E-state index contributed by atoms with van der Waals surface area (Å²) in [6.07, 6.45) is 1.46. The van der Waals surface area contributed by atoms with E-state index in [0.29, 0.717) is 13.0 Å². The number of nitrogens with zero attached hydrogens (tertiary/aromatic N) is 1. The van der Waals surface area contributed by atoms with Gasteiger partial charge in [-0.25, -0.2) is 0 Å². The molecular formula is C10H20N2O3. The Morgan fingerprint density at radius 1 is 1.40 bits per heavy atom. The topological polar surface area (TPSA) is 83.6 Å². The van der Waals surface area contributed by atoms with E-state index >= 15 is 0 Å². The molecule has 0 bridgehead atoms. The molecule has 0 aromatic carbocycles. The summed E-state index contributed by atoms with van der Waals surface area (Å²) >= 11 is 0. The Hall–Kier alpha value is -1.10. The molecule has 5 nitrogen and oxygen atoms in total. The maximum atomic E-state index is 11.7.